The van der Waals surface area contributed by atoms with Gasteiger partial charge >= 0.3 is 0 Å². The fourth-order valence-corrected chi connectivity index (χ4v) is 3.98. The summed E-state index contributed by atoms with van der Waals surface area (Å²) in [4.78, 5) is 0. The molecule has 0 heterocycles. The molecule has 1 nitrogen and oxygen atoms in total. The molecule has 0 aliphatic rings. The Kier molecular flexibility index (Phi) is 6.71. The Morgan fingerprint density at radius 1 is 1.14 bits per heavy atom. The first-order valence-electron chi connectivity index (χ1n) is 6.07. The van der Waals surface area contributed by atoms with Gasteiger partial charge in [-0.3, -0.25) is 0 Å². The van der Waals surface area contributed by atoms with E-state index in [1.54, 1.807) is 0 Å². The molecule has 0 aromatic rings. The minimum Gasteiger partial charge on any atom is -0.316 e. The molecule has 0 spiro atoms. The predicted molar refractivity (Wildman–Crippen MR) is 69.6 cm³/mol. The zero-order valence-corrected chi connectivity index (χ0v) is 12.0. The molecule has 0 aliphatic heterocycles. The van der Waals surface area contributed by atoms with Crippen LogP contribution in [0.5, 0.6) is 0 Å². The van der Waals surface area contributed by atoms with Crippen LogP contribution in [0, 0.1) is 11.8 Å². The Balaban J connectivity index is 3.91. The SMILES string of the molecule is CCCNCC(C[Si](C)(C)C)C(C)C. The van der Waals surface area contributed by atoms with E-state index in [1.165, 1.54) is 25.6 Å². The normalized spacial score (nSPS) is 14.8. The van der Waals surface area contributed by atoms with Crippen LogP contribution in [-0.2, 0) is 0 Å². The highest BCUT2D eigenvalue weighted by Gasteiger charge is 2.22. The Hall–Kier alpha value is 0.177. The molecular formula is C12H29NSi. The molecule has 2 heteroatoms. The van der Waals surface area contributed by atoms with Gasteiger partial charge in [0, 0.05) is 8.07 Å². The van der Waals surface area contributed by atoms with Gasteiger partial charge in [0.25, 0.3) is 0 Å². The van der Waals surface area contributed by atoms with Gasteiger partial charge in [0.05, 0.1) is 0 Å². The van der Waals surface area contributed by atoms with E-state index in [9.17, 15) is 0 Å². The fraction of sp³-hybridized carbons (Fsp3) is 1.00. The van der Waals surface area contributed by atoms with E-state index in [-0.39, 0.29) is 0 Å². The minimum absolute atomic E-state index is 0.825. The summed E-state index contributed by atoms with van der Waals surface area (Å²) in [7, 11) is -0.883. The summed E-state index contributed by atoms with van der Waals surface area (Å²) in [6.45, 7) is 16.8. The van der Waals surface area contributed by atoms with Crippen LogP contribution in [0.1, 0.15) is 27.2 Å². The zero-order chi connectivity index (χ0) is 11.2. The van der Waals surface area contributed by atoms with Crippen LogP contribution >= 0.6 is 0 Å². The van der Waals surface area contributed by atoms with Crippen molar-refractivity contribution >= 4 is 8.07 Å². The lowest BCUT2D eigenvalue weighted by molar-refractivity contribution is 0.390. The van der Waals surface area contributed by atoms with E-state index in [1.807, 2.05) is 0 Å². The topological polar surface area (TPSA) is 12.0 Å². The van der Waals surface area contributed by atoms with E-state index in [0.717, 1.165) is 11.8 Å². The fourth-order valence-electron chi connectivity index (χ4n) is 1.79. The van der Waals surface area contributed by atoms with Crippen molar-refractivity contribution in [2.45, 2.75) is 52.9 Å². The van der Waals surface area contributed by atoms with E-state index >= 15 is 0 Å². The molecule has 14 heavy (non-hydrogen) atoms. The molecule has 0 aromatic heterocycles. The first kappa shape index (κ1) is 14.2. The highest BCUT2D eigenvalue weighted by Crippen LogP contribution is 2.22. The maximum atomic E-state index is 3.56. The number of rotatable bonds is 7. The maximum Gasteiger partial charge on any atom is 0.0446 e. The standard InChI is InChI=1S/C12H29NSi/c1-7-8-13-9-12(11(2)3)10-14(4,5)6/h11-13H,7-10H2,1-6H3. The molecule has 1 atom stereocenters. The van der Waals surface area contributed by atoms with Crippen LogP contribution in [0.15, 0.2) is 0 Å². The molecule has 0 saturated heterocycles. The summed E-state index contributed by atoms with van der Waals surface area (Å²) < 4.78 is 0. The highest BCUT2D eigenvalue weighted by atomic mass is 28.3. The zero-order valence-electron chi connectivity index (χ0n) is 11.0. The van der Waals surface area contributed by atoms with Gasteiger partial charge in [0.2, 0.25) is 0 Å². The Morgan fingerprint density at radius 3 is 2.07 bits per heavy atom. The summed E-state index contributed by atoms with van der Waals surface area (Å²) in [6.07, 6.45) is 1.25. The van der Waals surface area contributed by atoms with E-state index in [4.69, 9.17) is 0 Å². The van der Waals surface area contributed by atoms with Gasteiger partial charge < -0.3 is 5.32 Å². The molecule has 0 saturated carbocycles. The van der Waals surface area contributed by atoms with Crippen LogP contribution in [-0.4, -0.2) is 21.2 Å². The lowest BCUT2D eigenvalue weighted by Gasteiger charge is -2.27. The molecule has 0 bridgehead atoms. The molecule has 0 aromatic carbocycles. The van der Waals surface area contributed by atoms with Gasteiger partial charge in [-0.15, -0.1) is 0 Å². The third kappa shape index (κ3) is 7.57. The van der Waals surface area contributed by atoms with Crippen LogP contribution < -0.4 is 5.32 Å². The molecule has 0 rings (SSSR count). The lowest BCUT2D eigenvalue weighted by Crippen LogP contribution is -2.33. The van der Waals surface area contributed by atoms with Crippen molar-refractivity contribution in [3.63, 3.8) is 0 Å². The average molecular weight is 215 g/mol. The van der Waals surface area contributed by atoms with Gasteiger partial charge in [-0.2, -0.15) is 0 Å². The van der Waals surface area contributed by atoms with Crippen molar-refractivity contribution in [1.82, 2.24) is 5.32 Å². The molecule has 0 fully saturated rings. The summed E-state index contributed by atoms with van der Waals surface area (Å²) in [5.41, 5.74) is 0. The smallest absolute Gasteiger partial charge is 0.0446 e. The lowest BCUT2D eigenvalue weighted by atomic mass is 9.98. The third-order valence-corrected chi connectivity index (χ3v) is 4.40. The summed E-state index contributed by atoms with van der Waals surface area (Å²) in [5, 5.41) is 3.56. The van der Waals surface area contributed by atoms with Crippen molar-refractivity contribution in [2.75, 3.05) is 13.1 Å². The van der Waals surface area contributed by atoms with Crippen LogP contribution in [0.25, 0.3) is 0 Å². The second-order valence-corrected chi connectivity index (χ2v) is 11.5. The van der Waals surface area contributed by atoms with Crippen molar-refractivity contribution in [1.29, 1.82) is 0 Å². The quantitative estimate of drug-likeness (QED) is 0.505. The minimum atomic E-state index is -0.883. The first-order valence-corrected chi connectivity index (χ1v) is 9.78. The number of hydrogen-bond acceptors (Lipinski definition) is 1. The van der Waals surface area contributed by atoms with E-state index in [2.05, 4.69) is 45.7 Å². The van der Waals surface area contributed by atoms with Gasteiger partial charge in [-0.25, -0.2) is 0 Å². The third-order valence-electron chi connectivity index (χ3n) is 2.65. The molecule has 86 valence electrons. The Bertz CT molecular complexity index is 138. The van der Waals surface area contributed by atoms with Gasteiger partial charge in [-0.05, 0) is 31.3 Å². The largest absolute Gasteiger partial charge is 0.316 e. The number of nitrogens with one attached hydrogen (secondary N) is 1. The molecule has 0 radical (unpaired) electrons. The Morgan fingerprint density at radius 2 is 1.71 bits per heavy atom. The van der Waals surface area contributed by atoms with Gasteiger partial charge in [0.15, 0.2) is 0 Å². The summed E-state index contributed by atoms with van der Waals surface area (Å²) in [6, 6.07) is 1.46. The summed E-state index contributed by atoms with van der Waals surface area (Å²) >= 11 is 0. The molecule has 0 amide bonds. The molecular weight excluding hydrogens is 186 g/mol. The molecule has 1 unspecified atom stereocenters. The van der Waals surface area contributed by atoms with Crippen molar-refractivity contribution in [2.24, 2.45) is 11.8 Å². The maximum absolute atomic E-state index is 3.56. The molecule has 1 N–H and O–H groups in total. The number of hydrogen-bond donors (Lipinski definition) is 1. The average Bonchev–Trinajstić information content (AvgIpc) is 2.00. The first-order chi connectivity index (χ1) is 6.37. The van der Waals surface area contributed by atoms with Crippen molar-refractivity contribution in [3.8, 4) is 0 Å². The van der Waals surface area contributed by atoms with E-state index < -0.39 is 8.07 Å². The van der Waals surface area contributed by atoms with Crippen LogP contribution in [0.4, 0.5) is 0 Å². The second kappa shape index (κ2) is 6.62. The molecule has 0 aliphatic carbocycles. The van der Waals surface area contributed by atoms with Gasteiger partial charge in [-0.1, -0.05) is 46.5 Å². The van der Waals surface area contributed by atoms with Crippen LogP contribution in [0.2, 0.25) is 25.7 Å². The van der Waals surface area contributed by atoms with Crippen LogP contribution in [0.3, 0.4) is 0 Å². The van der Waals surface area contributed by atoms with Crippen molar-refractivity contribution in [3.05, 3.63) is 0 Å². The highest BCUT2D eigenvalue weighted by molar-refractivity contribution is 6.76. The second-order valence-electron chi connectivity index (χ2n) is 5.97. The Labute approximate surface area is 91.7 Å². The predicted octanol–water partition coefficient (Wildman–Crippen LogP) is 3.60. The van der Waals surface area contributed by atoms with Gasteiger partial charge in [0.1, 0.15) is 0 Å². The summed E-state index contributed by atoms with van der Waals surface area (Å²) in [5.74, 6) is 1.71. The van der Waals surface area contributed by atoms with Crippen molar-refractivity contribution < 1.29 is 0 Å². The van der Waals surface area contributed by atoms with E-state index in [0.29, 0.717) is 0 Å². The monoisotopic (exact) mass is 215 g/mol.